The molecule has 0 fully saturated rings. The third kappa shape index (κ3) is 3.88. The molecule has 5 nitrogen and oxygen atoms in total. The van der Waals surface area contributed by atoms with Gasteiger partial charge in [-0.15, -0.1) is 0 Å². The number of halogens is 1. The van der Waals surface area contributed by atoms with Gasteiger partial charge in [-0.1, -0.05) is 29.8 Å². The fourth-order valence-corrected chi connectivity index (χ4v) is 2.31. The van der Waals surface area contributed by atoms with Crippen molar-refractivity contribution in [3.63, 3.8) is 0 Å². The van der Waals surface area contributed by atoms with E-state index in [9.17, 15) is 4.79 Å². The van der Waals surface area contributed by atoms with Crippen LogP contribution in [-0.2, 0) is 0 Å². The van der Waals surface area contributed by atoms with Crippen molar-refractivity contribution in [1.82, 2.24) is 9.97 Å². The Labute approximate surface area is 144 Å². The zero-order chi connectivity index (χ0) is 16.9. The predicted octanol–water partition coefficient (Wildman–Crippen LogP) is 4.43. The average molecular weight is 339 g/mol. The third-order valence-corrected chi connectivity index (χ3v) is 3.56. The highest BCUT2D eigenvalue weighted by atomic mass is 35.5. The van der Waals surface area contributed by atoms with Crippen molar-refractivity contribution in [3.05, 3.63) is 77.3 Å². The van der Waals surface area contributed by atoms with E-state index in [1.165, 1.54) is 6.20 Å². The van der Waals surface area contributed by atoms with E-state index < -0.39 is 0 Å². The Balaban J connectivity index is 1.70. The third-order valence-electron chi connectivity index (χ3n) is 3.28. The minimum Gasteiger partial charge on any atom is -0.356 e. The van der Waals surface area contributed by atoms with E-state index in [4.69, 9.17) is 11.6 Å². The summed E-state index contributed by atoms with van der Waals surface area (Å²) >= 11 is 5.98. The van der Waals surface area contributed by atoms with Crippen LogP contribution in [-0.4, -0.2) is 15.9 Å². The van der Waals surface area contributed by atoms with Crippen LogP contribution in [0.25, 0.3) is 0 Å². The standard InChI is InChI=1S/C18H15ClN4O/c1-12-20-11-16(19)17(21-12)18(24)23-15-9-7-14(8-10-15)22-13-5-3-2-4-6-13/h2-11,22H,1H3,(H,23,24). The monoisotopic (exact) mass is 338 g/mol. The summed E-state index contributed by atoms with van der Waals surface area (Å²) in [6.45, 7) is 1.71. The number of para-hydroxylation sites is 1. The first-order chi connectivity index (χ1) is 11.6. The summed E-state index contributed by atoms with van der Waals surface area (Å²) in [6.07, 6.45) is 1.42. The molecule has 0 saturated heterocycles. The van der Waals surface area contributed by atoms with E-state index in [0.717, 1.165) is 11.4 Å². The van der Waals surface area contributed by atoms with Crippen molar-refractivity contribution in [2.75, 3.05) is 10.6 Å². The largest absolute Gasteiger partial charge is 0.356 e. The summed E-state index contributed by atoms with van der Waals surface area (Å²) in [5, 5.41) is 6.28. The van der Waals surface area contributed by atoms with Gasteiger partial charge in [-0.2, -0.15) is 0 Å². The molecule has 0 radical (unpaired) electrons. The maximum atomic E-state index is 12.3. The molecule has 6 heteroatoms. The fourth-order valence-electron chi connectivity index (χ4n) is 2.13. The Kier molecular flexibility index (Phi) is 4.72. The Hall–Kier alpha value is -2.92. The first kappa shape index (κ1) is 16.0. The number of rotatable bonds is 4. The van der Waals surface area contributed by atoms with Gasteiger partial charge in [-0.3, -0.25) is 4.79 Å². The van der Waals surface area contributed by atoms with Gasteiger partial charge in [0.15, 0.2) is 5.69 Å². The lowest BCUT2D eigenvalue weighted by atomic mass is 10.2. The second-order valence-corrected chi connectivity index (χ2v) is 5.54. The highest BCUT2D eigenvalue weighted by Crippen LogP contribution is 2.20. The van der Waals surface area contributed by atoms with Crippen LogP contribution in [0.1, 0.15) is 16.3 Å². The van der Waals surface area contributed by atoms with Gasteiger partial charge in [0.1, 0.15) is 5.82 Å². The van der Waals surface area contributed by atoms with Crippen LogP contribution >= 0.6 is 11.6 Å². The van der Waals surface area contributed by atoms with Gasteiger partial charge in [0.05, 0.1) is 11.2 Å². The number of aromatic nitrogens is 2. The number of hydrogen-bond acceptors (Lipinski definition) is 4. The number of nitrogens with one attached hydrogen (secondary N) is 2. The molecule has 2 N–H and O–H groups in total. The molecule has 120 valence electrons. The van der Waals surface area contributed by atoms with Crippen LogP contribution in [0, 0.1) is 6.92 Å². The van der Waals surface area contributed by atoms with E-state index in [2.05, 4.69) is 20.6 Å². The number of hydrogen-bond donors (Lipinski definition) is 2. The zero-order valence-corrected chi connectivity index (χ0v) is 13.7. The Morgan fingerprint density at radius 1 is 0.958 bits per heavy atom. The van der Waals surface area contributed by atoms with Crippen LogP contribution in [0.3, 0.4) is 0 Å². The second-order valence-electron chi connectivity index (χ2n) is 5.14. The topological polar surface area (TPSA) is 66.9 Å². The van der Waals surface area contributed by atoms with Crippen molar-refractivity contribution in [1.29, 1.82) is 0 Å². The highest BCUT2D eigenvalue weighted by Gasteiger charge is 2.13. The number of anilines is 3. The molecule has 1 heterocycles. The van der Waals surface area contributed by atoms with E-state index in [-0.39, 0.29) is 16.6 Å². The number of benzene rings is 2. The Morgan fingerprint density at radius 3 is 2.29 bits per heavy atom. The molecule has 24 heavy (non-hydrogen) atoms. The normalized spacial score (nSPS) is 10.2. The SMILES string of the molecule is Cc1ncc(Cl)c(C(=O)Nc2ccc(Nc3ccccc3)cc2)n1. The summed E-state index contributed by atoms with van der Waals surface area (Å²) in [7, 11) is 0. The first-order valence-corrected chi connectivity index (χ1v) is 7.72. The number of aryl methyl sites for hydroxylation is 1. The quantitative estimate of drug-likeness (QED) is 0.738. The molecular formula is C18H15ClN4O. The molecule has 0 aliphatic heterocycles. The smallest absolute Gasteiger partial charge is 0.275 e. The van der Waals surface area contributed by atoms with E-state index in [1.807, 2.05) is 54.6 Å². The number of carbonyl (C=O) groups is 1. The van der Waals surface area contributed by atoms with Gasteiger partial charge in [0.25, 0.3) is 5.91 Å². The zero-order valence-electron chi connectivity index (χ0n) is 13.0. The van der Waals surface area contributed by atoms with Crippen LogP contribution < -0.4 is 10.6 Å². The summed E-state index contributed by atoms with van der Waals surface area (Å²) < 4.78 is 0. The van der Waals surface area contributed by atoms with Gasteiger partial charge < -0.3 is 10.6 Å². The van der Waals surface area contributed by atoms with Crippen molar-refractivity contribution >= 4 is 34.6 Å². The molecule has 0 unspecified atom stereocenters. The molecule has 3 aromatic rings. The highest BCUT2D eigenvalue weighted by molar-refractivity contribution is 6.33. The van der Waals surface area contributed by atoms with E-state index >= 15 is 0 Å². The molecule has 0 aliphatic carbocycles. The van der Waals surface area contributed by atoms with Gasteiger partial charge in [0.2, 0.25) is 0 Å². The van der Waals surface area contributed by atoms with Gasteiger partial charge >= 0.3 is 0 Å². The molecule has 1 aromatic heterocycles. The van der Waals surface area contributed by atoms with Gasteiger partial charge in [-0.25, -0.2) is 9.97 Å². The van der Waals surface area contributed by atoms with Gasteiger partial charge in [0, 0.05) is 17.1 Å². The summed E-state index contributed by atoms with van der Waals surface area (Å²) in [5.74, 6) is 0.126. The van der Waals surface area contributed by atoms with Crippen molar-refractivity contribution in [3.8, 4) is 0 Å². The van der Waals surface area contributed by atoms with Crippen LogP contribution in [0.15, 0.2) is 60.8 Å². The van der Waals surface area contributed by atoms with Crippen molar-refractivity contribution in [2.45, 2.75) is 6.92 Å². The molecule has 0 spiro atoms. The maximum Gasteiger partial charge on any atom is 0.275 e. The lowest BCUT2D eigenvalue weighted by Crippen LogP contribution is -2.15. The Bertz CT molecular complexity index is 851. The summed E-state index contributed by atoms with van der Waals surface area (Å²) in [4.78, 5) is 20.3. The second kappa shape index (κ2) is 7.10. The molecule has 0 atom stereocenters. The van der Waals surface area contributed by atoms with Gasteiger partial charge in [-0.05, 0) is 43.3 Å². The van der Waals surface area contributed by atoms with Crippen LogP contribution in [0.4, 0.5) is 17.1 Å². The molecule has 3 rings (SSSR count). The maximum absolute atomic E-state index is 12.3. The van der Waals surface area contributed by atoms with E-state index in [0.29, 0.717) is 11.5 Å². The number of carbonyl (C=O) groups excluding carboxylic acids is 1. The van der Waals surface area contributed by atoms with Crippen LogP contribution in [0.2, 0.25) is 5.02 Å². The summed E-state index contributed by atoms with van der Waals surface area (Å²) in [6, 6.07) is 17.2. The lowest BCUT2D eigenvalue weighted by Gasteiger charge is -2.09. The molecule has 0 aliphatic rings. The summed E-state index contributed by atoms with van der Waals surface area (Å²) in [5.41, 5.74) is 2.74. The predicted molar refractivity (Wildman–Crippen MR) is 95.9 cm³/mol. The molecule has 1 amide bonds. The average Bonchev–Trinajstić information content (AvgIpc) is 2.59. The van der Waals surface area contributed by atoms with Crippen LogP contribution in [0.5, 0.6) is 0 Å². The number of amides is 1. The molecular weight excluding hydrogens is 324 g/mol. The molecule has 0 saturated carbocycles. The number of nitrogens with zero attached hydrogens (tertiary/aromatic N) is 2. The first-order valence-electron chi connectivity index (χ1n) is 7.34. The minimum atomic E-state index is -0.366. The lowest BCUT2D eigenvalue weighted by molar-refractivity contribution is 0.102. The minimum absolute atomic E-state index is 0.163. The molecule has 0 bridgehead atoms. The van der Waals surface area contributed by atoms with E-state index in [1.54, 1.807) is 6.92 Å². The molecule has 2 aromatic carbocycles. The Morgan fingerprint density at radius 2 is 1.58 bits per heavy atom. The van der Waals surface area contributed by atoms with Crippen molar-refractivity contribution < 1.29 is 4.79 Å². The fraction of sp³-hybridized carbons (Fsp3) is 0.0556. The van der Waals surface area contributed by atoms with Crippen molar-refractivity contribution in [2.24, 2.45) is 0 Å².